The van der Waals surface area contributed by atoms with Gasteiger partial charge in [-0.25, -0.2) is 14.4 Å². The number of ether oxygens (including phenoxy) is 3. The summed E-state index contributed by atoms with van der Waals surface area (Å²) >= 11 is 1.55. The third-order valence-corrected chi connectivity index (χ3v) is 6.98. The fraction of sp³-hybridized carbons (Fsp3) is 0.407. The molecule has 0 aliphatic heterocycles. The van der Waals surface area contributed by atoms with Crippen molar-refractivity contribution in [3.05, 3.63) is 64.9 Å². The smallest absolute Gasteiger partial charge is 0.412 e. The van der Waals surface area contributed by atoms with Gasteiger partial charge in [0.1, 0.15) is 11.9 Å². The van der Waals surface area contributed by atoms with Crippen LogP contribution < -0.4 is 4.74 Å². The number of benzene rings is 2. The predicted octanol–water partition coefficient (Wildman–Crippen LogP) is 4.93. The average molecular weight is 610 g/mol. The van der Waals surface area contributed by atoms with Crippen molar-refractivity contribution in [1.82, 2.24) is 15.7 Å². The van der Waals surface area contributed by atoms with Crippen molar-refractivity contribution in [2.24, 2.45) is 0 Å². The third-order valence-electron chi connectivity index (χ3n) is 6.02. The lowest BCUT2D eigenvalue weighted by Gasteiger charge is -2.24. The van der Waals surface area contributed by atoms with E-state index in [-0.39, 0.29) is 38.5 Å². The minimum atomic E-state index is -1.45. The Morgan fingerprint density at radius 2 is 1.67 bits per heavy atom. The molecule has 3 atom stereocenters. The van der Waals surface area contributed by atoms with Crippen LogP contribution in [0.4, 0.5) is 4.79 Å². The monoisotopic (exact) mass is 609 g/mol. The number of hydrogen-bond acceptors (Lipinski definition) is 14. The zero-order chi connectivity index (χ0) is 30.5. The Morgan fingerprint density at radius 1 is 0.905 bits per heavy atom. The van der Waals surface area contributed by atoms with E-state index in [0.29, 0.717) is 6.42 Å². The molecule has 0 radical (unpaired) electrons. The van der Waals surface area contributed by atoms with Gasteiger partial charge >= 0.3 is 12.1 Å². The summed E-state index contributed by atoms with van der Waals surface area (Å²) in [6.07, 6.45) is -2.90. The molecule has 0 fully saturated rings. The van der Waals surface area contributed by atoms with Crippen molar-refractivity contribution in [1.29, 1.82) is 0 Å². The first-order chi connectivity index (χ1) is 20.1. The molecule has 42 heavy (non-hydrogen) atoms. The van der Waals surface area contributed by atoms with Crippen molar-refractivity contribution in [2.45, 2.75) is 51.1 Å². The standard InChI is InChI=1S/C27H35N3O11S/c1-19(38-26(31)24(41-30(35)36)12-5-6-17-37-29(33)34)39-27(32)28(2)16-15-23(25-14-8-18-42-25)40-22-13-7-10-20-9-3-4-11-21(20)22/h3-4,7-11,13-14,18-19,23-24,33-36H,5-6,12,15-17H2,1-2H3/t19?,23-,24?/m0/s1. The second kappa shape index (κ2) is 16.9. The van der Waals surface area contributed by atoms with Crippen LogP contribution in [0.25, 0.3) is 10.8 Å². The van der Waals surface area contributed by atoms with Crippen LogP contribution in [0.5, 0.6) is 5.75 Å². The molecule has 3 aromatic rings. The highest BCUT2D eigenvalue weighted by Gasteiger charge is 2.27. The molecule has 14 nitrogen and oxygen atoms in total. The summed E-state index contributed by atoms with van der Waals surface area (Å²) in [4.78, 5) is 36.6. The Bertz CT molecular complexity index is 1240. The van der Waals surface area contributed by atoms with Gasteiger partial charge in [0.05, 0.1) is 17.4 Å². The van der Waals surface area contributed by atoms with Crippen LogP contribution in [-0.2, 0) is 23.9 Å². The van der Waals surface area contributed by atoms with Crippen molar-refractivity contribution >= 4 is 34.2 Å². The SMILES string of the molecule is CC(OC(=O)C(CCCCON(O)O)ON(O)O)OC(=O)N(C)CC[C@H](Oc1cccc2ccccc12)c1cccs1. The molecule has 2 aromatic carbocycles. The van der Waals surface area contributed by atoms with E-state index in [2.05, 4.69) is 9.68 Å². The van der Waals surface area contributed by atoms with Crippen LogP contribution >= 0.6 is 11.3 Å². The van der Waals surface area contributed by atoms with E-state index in [4.69, 9.17) is 35.0 Å². The molecule has 0 saturated carbocycles. The summed E-state index contributed by atoms with van der Waals surface area (Å²) in [7, 11) is 1.55. The van der Waals surface area contributed by atoms with E-state index in [9.17, 15) is 9.59 Å². The maximum Gasteiger partial charge on any atom is 0.412 e. The summed E-state index contributed by atoms with van der Waals surface area (Å²) < 4.78 is 16.8. The highest BCUT2D eigenvalue weighted by molar-refractivity contribution is 7.10. The number of unbranched alkanes of at least 4 members (excludes halogenated alkanes) is 1. The average Bonchev–Trinajstić information content (AvgIpc) is 3.49. The van der Waals surface area contributed by atoms with E-state index in [1.54, 1.807) is 18.4 Å². The van der Waals surface area contributed by atoms with Gasteiger partial charge < -0.3 is 19.1 Å². The normalized spacial score (nSPS) is 13.6. The second-order valence-electron chi connectivity index (χ2n) is 9.13. The highest BCUT2D eigenvalue weighted by Crippen LogP contribution is 2.33. The molecule has 0 bridgehead atoms. The zero-order valence-corrected chi connectivity index (χ0v) is 24.0. The van der Waals surface area contributed by atoms with E-state index in [1.807, 2.05) is 60.0 Å². The van der Waals surface area contributed by atoms with Gasteiger partial charge in [0.2, 0.25) is 6.29 Å². The van der Waals surface area contributed by atoms with E-state index in [1.165, 1.54) is 11.8 Å². The molecule has 0 saturated heterocycles. The molecule has 1 heterocycles. The van der Waals surface area contributed by atoms with Crippen LogP contribution in [0.2, 0.25) is 0 Å². The molecule has 1 amide bonds. The molecule has 1 aromatic heterocycles. The van der Waals surface area contributed by atoms with Crippen LogP contribution in [0, 0.1) is 0 Å². The number of thiophene rings is 1. The van der Waals surface area contributed by atoms with Crippen molar-refractivity contribution in [2.75, 3.05) is 20.2 Å². The number of hydrogen-bond donors (Lipinski definition) is 4. The number of amides is 1. The third kappa shape index (κ3) is 10.8. The second-order valence-corrected chi connectivity index (χ2v) is 10.1. The van der Waals surface area contributed by atoms with Crippen LogP contribution in [-0.4, -0.2) is 81.2 Å². The number of carbonyl (C=O) groups excluding carboxylic acids is 2. The van der Waals surface area contributed by atoms with Gasteiger partial charge in [0.15, 0.2) is 6.10 Å². The Balaban J connectivity index is 1.52. The zero-order valence-electron chi connectivity index (χ0n) is 23.1. The van der Waals surface area contributed by atoms with Gasteiger partial charge in [0, 0.05) is 37.2 Å². The lowest BCUT2D eigenvalue weighted by molar-refractivity contribution is -0.502. The maximum absolute atomic E-state index is 12.7. The quantitative estimate of drug-likeness (QED) is 0.0703. The van der Waals surface area contributed by atoms with Crippen LogP contribution in [0.15, 0.2) is 60.0 Å². The Kier molecular flexibility index (Phi) is 13.3. The number of fused-ring (bicyclic) bond motifs is 1. The minimum Gasteiger partial charge on any atom is -0.484 e. The maximum atomic E-state index is 12.7. The minimum absolute atomic E-state index is 0.0436. The molecular weight excluding hydrogens is 574 g/mol. The molecule has 15 heteroatoms. The number of esters is 1. The van der Waals surface area contributed by atoms with Crippen molar-refractivity contribution in [3.8, 4) is 5.75 Å². The van der Waals surface area contributed by atoms with Gasteiger partial charge in [-0.2, -0.15) is 0 Å². The first kappa shape index (κ1) is 33.1. The Labute approximate surface area is 246 Å². The molecule has 2 unspecified atom stereocenters. The number of carbonyl (C=O) groups is 2. The van der Waals surface area contributed by atoms with E-state index >= 15 is 0 Å². The fourth-order valence-electron chi connectivity index (χ4n) is 3.99. The molecule has 3 rings (SSSR count). The highest BCUT2D eigenvalue weighted by atomic mass is 32.1. The Morgan fingerprint density at radius 3 is 2.38 bits per heavy atom. The number of nitrogens with zero attached hydrogens (tertiary/aromatic N) is 3. The summed E-state index contributed by atoms with van der Waals surface area (Å²) in [5.74, 6) is -0.284. The predicted molar refractivity (Wildman–Crippen MR) is 146 cm³/mol. The Hall–Kier alpha value is -3.38. The molecular formula is C27H35N3O11S. The van der Waals surface area contributed by atoms with E-state index < -0.39 is 35.2 Å². The summed E-state index contributed by atoms with van der Waals surface area (Å²) in [6, 6.07) is 17.7. The first-order valence-electron chi connectivity index (χ1n) is 13.1. The molecule has 0 aliphatic rings. The first-order valence-corrected chi connectivity index (χ1v) is 14.0. The van der Waals surface area contributed by atoms with Crippen molar-refractivity contribution < 1.29 is 54.3 Å². The summed E-state index contributed by atoms with van der Waals surface area (Å²) in [5, 5.41) is 37.9. The molecule has 4 N–H and O–H groups in total. The lowest BCUT2D eigenvalue weighted by atomic mass is 10.1. The molecule has 0 aliphatic carbocycles. The summed E-state index contributed by atoms with van der Waals surface area (Å²) in [6.45, 7) is 1.51. The van der Waals surface area contributed by atoms with Crippen LogP contribution in [0.1, 0.15) is 43.6 Å². The van der Waals surface area contributed by atoms with Gasteiger partial charge in [-0.15, -0.1) is 11.3 Å². The van der Waals surface area contributed by atoms with Gasteiger partial charge in [-0.3, -0.25) is 25.7 Å². The lowest BCUT2D eigenvalue weighted by Crippen LogP contribution is -2.37. The molecule has 0 spiro atoms. The largest absolute Gasteiger partial charge is 0.484 e. The van der Waals surface area contributed by atoms with Crippen molar-refractivity contribution in [3.63, 3.8) is 0 Å². The molecule has 230 valence electrons. The fourth-order valence-corrected chi connectivity index (χ4v) is 4.78. The van der Waals surface area contributed by atoms with Gasteiger partial charge in [-0.05, 0) is 42.2 Å². The van der Waals surface area contributed by atoms with E-state index in [0.717, 1.165) is 21.4 Å². The number of rotatable bonds is 17. The summed E-state index contributed by atoms with van der Waals surface area (Å²) in [5.41, 5.74) is 0. The van der Waals surface area contributed by atoms with Gasteiger partial charge in [0.25, 0.3) is 0 Å². The topological polar surface area (TPSA) is 171 Å². The van der Waals surface area contributed by atoms with Crippen LogP contribution in [0.3, 0.4) is 0 Å². The van der Waals surface area contributed by atoms with Gasteiger partial charge in [-0.1, -0.05) is 42.5 Å².